The van der Waals surface area contributed by atoms with Crippen LogP contribution in [0.25, 0.3) is 11.4 Å². The smallest absolute Gasteiger partial charge is 0.247 e. The molecule has 0 aromatic carbocycles. The normalized spacial score (nSPS) is 18.4. The molecule has 2 N–H and O–H groups in total. The number of rotatable bonds is 2. The van der Waals surface area contributed by atoms with Crippen molar-refractivity contribution in [2.24, 2.45) is 5.73 Å². The fraction of sp³-hybridized carbons (Fsp3) is 0.500. The first-order valence-electron chi connectivity index (χ1n) is 6.73. The maximum absolute atomic E-state index is 6.40. The molecule has 1 saturated carbocycles. The topological polar surface area (TPSA) is 77.8 Å². The molecule has 2 aromatic heterocycles. The third kappa shape index (κ3) is 2.26. The lowest BCUT2D eigenvalue weighted by molar-refractivity contribution is 0.220. The van der Waals surface area contributed by atoms with Crippen molar-refractivity contribution in [2.75, 3.05) is 0 Å². The van der Waals surface area contributed by atoms with Crippen molar-refractivity contribution in [1.82, 2.24) is 15.1 Å². The largest absolute Gasteiger partial charge is 0.337 e. The van der Waals surface area contributed by atoms with Gasteiger partial charge >= 0.3 is 0 Å². The van der Waals surface area contributed by atoms with Crippen LogP contribution in [0.3, 0.4) is 0 Å². The number of nitrogens with zero attached hydrogens (tertiary/aromatic N) is 3. The minimum atomic E-state index is -0.445. The average Bonchev–Trinajstić information content (AvgIpc) is 2.90. The molecule has 100 valence electrons. The minimum absolute atomic E-state index is 0.445. The monoisotopic (exact) mass is 258 g/mol. The summed E-state index contributed by atoms with van der Waals surface area (Å²) in [4.78, 5) is 8.60. The van der Waals surface area contributed by atoms with Crippen LogP contribution < -0.4 is 5.73 Å². The summed E-state index contributed by atoms with van der Waals surface area (Å²) in [6.45, 7) is 2.01. The van der Waals surface area contributed by atoms with Crippen LogP contribution in [-0.2, 0) is 5.54 Å². The zero-order chi connectivity index (χ0) is 13.3. The van der Waals surface area contributed by atoms with E-state index in [4.69, 9.17) is 10.3 Å². The number of nitrogens with two attached hydrogens (primary N) is 1. The summed E-state index contributed by atoms with van der Waals surface area (Å²) in [7, 11) is 0. The molecule has 2 heterocycles. The van der Waals surface area contributed by atoms with Crippen molar-refractivity contribution in [3.05, 3.63) is 29.9 Å². The van der Waals surface area contributed by atoms with Gasteiger partial charge in [0, 0.05) is 18.0 Å². The second kappa shape index (κ2) is 4.74. The maximum Gasteiger partial charge on any atom is 0.247 e. The molecule has 0 bridgehead atoms. The highest BCUT2D eigenvalue weighted by Crippen LogP contribution is 2.34. The summed E-state index contributed by atoms with van der Waals surface area (Å²) in [6, 6.07) is 1.93. The third-order valence-electron chi connectivity index (χ3n) is 3.88. The van der Waals surface area contributed by atoms with Gasteiger partial charge in [0.2, 0.25) is 11.7 Å². The van der Waals surface area contributed by atoms with Crippen molar-refractivity contribution in [2.45, 2.75) is 44.6 Å². The van der Waals surface area contributed by atoms with Gasteiger partial charge in [0.1, 0.15) is 0 Å². The molecule has 2 aromatic rings. The predicted molar refractivity (Wildman–Crippen MR) is 71.2 cm³/mol. The minimum Gasteiger partial charge on any atom is -0.337 e. The fourth-order valence-electron chi connectivity index (χ4n) is 2.63. The van der Waals surface area contributed by atoms with Gasteiger partial charge in [-0.25, -0.2) is 0 Å². The van der Waals surface area contributed by atoms with Crippen molar-refractivity contribution < 1.29 is 4.52 Å². The Morgan fingerprint density at radius 1 is 1.26 bits per heavy atom. The van der Waals surface area contributed by atoms with Crippen LogP contribution in [0.2, 0.25) is 0 Å². The number of hydrogen-bond donors (Lipinski definition) is 1. The lowest BCUT2D eigenvalue weighted by atomic mass is 9.82. The Balaban J connectivity index is 1.93. The molecule has 0 atom stereocenters. The molecule has 5 heteroatoms. The van der Waals surface area contributed by atoms with Crippen molar-refractivity contribution >= 4 is 0 Å². The Hall–Kier alpha value is -1.75. The molecule has 0 saturated heterocycles. The van der Waals surface area contributed by atoms with E-state index in [9.17, 15) is 0 Å². The van der Waals surface area contributed by atoms with Crippen LogP contribution in [0.1, 0.15) is 43.6 Å². The van der Waals surface area contributed by atoms with Gasteiger partial charge in [0.25, 0.3) is 0 Å². The van der Waals surface area contributed by atoms with E-state index in [2.05, 4.69) is 15.1 Å². The van der Waals surface area contributed by atoms with Gasteiger partial charge in [0.15, 0.2) is 0 Å². The van der Waals surface area contributed by atoms with E-state index in [0.29, 0.717) is 11.7 Å². The Labute approximate surface area is 112 Å². The summed E-state index contributed by atoms with van der Waals surface area (Å²) in [5.41, 5.74) is 7.93. The van der Waals surface area contributed by atoms with Crippen LogP contribution in [0.5, 0.6) is 0 Å². The lowest BCUT2D eigenvalue weighted by Crippen LogP contribution is -2.38. The SMILES string of the molecule is Cc1ccncc1-c1noc(C2(N)CCCCC2)n1. The second-order valence-corrected chi connectivity index (χ2v) is 5.33. The number of aryl methyl sites for hydroxylation is 1. The zero-order valence-electron chi connectivity index (χ0n) is 11.1. The Morgan fingerprint density at radius 2 is 2.05 bits per heavy atom. The second-order valence-electron chi connectivity index (χ2n) is 5.33. The van der Waals surface area contributed by atoms with E-state index in [1.54, 1.807) is 12.4 Å². The zero-order valence-corrected chi connectivity index (χ0v) is 11.1. The highest BCUT2D eigenvalue weighted by Gasteiger charge is 2.35. The molecule has 1 fully saturated rings. The highest BCUT2D eigenvalue weighted by molar-refractivity contribution is 5.57. The van der Waals surface area contributed by atoms with Crippen LogP contribution in [0.15, 0.2) is 23.0 Å². The van der Waals surface area contributed by atoms with Crippen molar-refractivity contribution in [3.63, 3.8) is 0 Å². The number of aromatic nitrogens is 3. The first-order valence-corrected chi connectivity index (χ1v) is 6.73. The molecular weight excluding hydrogens is 240 g/mol. The Bertz CT molecular complexity index is 572. The van der Waals surface area contributed by atoms with Crippen LogP contribution in [0.4, 0.5) is 0 Å². The summed E-state index contributed by atoms with van der Waals surface area (Å²) >= 11 is 0. The third-order valence-corrected chi connectivity index (χ3v) is 3.88. The van der Waals surface area contributed by atoms with Gasteiger partial charge in [0.05, 0.1) is 5.54 Å². The maximum atomic E-state index is 6.40. The Kier molecular flexibility index (Phi) is 3.06. The molecule has 0 spiro atoms. The summed E-state index contributed by atoms with van der Waals surface area (Å²) < 4.78 is 5.40. The molecule has 0 unspecified atom stereocenters. The van der Waals surface area contributed by atoms with Gasteiger partial charge in [-0.05, 0) is 31.4 Å². The highest BCUT2D eigenvalue weighted by atomic mass is 16.5. The molecule has 1 aliphatic carbocycles. The molecule has 0 amide bonds. The van der Waals surface area contributed by atoms with Crippen molar-refractivity contribution in [3.8, 4) is 11.4 Å². The molecule has 3 rings (SSSR count). The summed E-state index contributed by atoms with van der Waals surface area (Å²) in [6.07, 6.45) is 8.84. The molecular formula is C14H18N4O. The van der Waals surface area contributed by atoms with E-state index in [1.165, 1.54) is 6.42 Å². The molecule has 19 heavy (non-hydrogen) atoms. The number of hydrogen-bond acceptors (Lipinski definition) is 5. The molecule has 0 aliphatic heterocycles. The van der Waals surface area contributed by atoms with Crippen LogP contribution >= 0.6 is 0 Å². The fourth-order valence-corrected chi connectivity index (χ4v) is 2.63. The van der Waals surface area contributed by atoms with Crippen molar-refractivity contribution in [1.29, 1.82) is 0 Å². The van der Waals surface area contributed by atoms with Gasteiger partial charge in [-0.1, -0.05) is 24.4 Å². The van der Waals surface area contributed by atoms with E-state index in [-0.39, 0.29) is 0 Å². The summed E-state index contributed by atoms with van der Waals surface area (Å²) in [5.74, 6) is 1.14. The van der Waals surface area contributed by atoms with E-state index < -0.39 is 5.54 Å². The van der Waals surface area contributed by atoms with E-state index >= 15 is 0 Å². The predicted octanol–water partition coefficient (Wildman–Crippen LogP) is 2.56. The van der Waals surface area contributed by atoms with Crippen LogP contribution in [-0.4, -0.2) is 15.1 Å². The van der Waals surface area contributed by atoms with Crippen LogP contribution in [0, 0.1) is 6.92 Å². The van der Waals surface area contributed by atoms with Gasteiger partial charge in [-0.3, -0.25) is 4.98 Å². The van der Waals surface area contributed by atoms with Gasteiger partial charge in [-0.2, -0.15) is 4.98 Å². The van der Waals surface area contributed by atoms with E-state index in [1.807, 2.05) is 13.0 Å². The number of pyridine rings is 1. The average molecular weight is 258 g/mol. The van der Waals surface area contributed by atoms with E-state index in [0.717, 1.165) is 36.8 Å². The summed E-state index contributed by atoms with van der Waals surface area (Å²) in [5, 5.41) is 4.06. The first-order chi connectivity index (χ1) is 9.19. The standard InChI is InChI=1S/C14H18N4O/c1-10-5-8-16-9-11(10)12-17-13(19-18-12)14(15)6-3-2-4-7-14/h5,8-9H,2-4,6-7,15H2,1H3. The Morgan fingerprint density at radius 3 is 2.79 bits per heavy atom. The quantitative estimate of drug-likeness (QED) is 0.895. The molecule has 5 nitrogen and oxygen atoms in total. The lowest BCUT2D eigenvalue weighted by Gasteiger charge is -2.29. The molecule has 1 aliphatic rings. The van der Waals surface area contributed by atoms with Gasteiger partial charge in [-0.15, -0.1) is 0 Å². The van der Waals surface area contributed by atoms with Gasteiger partial charge < -0.3 is 10.3 Å². The first kappa shape index (κ1) is 12.3. The molecule has 0 radical (unpaired) electrons.